The van der Waals surface area contributed by atoms with Crippen LogP contribution in [0, 0.1) is 0 Å². The predicted octanol–water partition coefficient (Wildman–Crippen LogP) is 2.58. The number of halogens is 1. The molecule has 1 fully saturated rings. The van der Waals surface area contributed by atoms with E-state index in [1.807, 2.05) is 13.8 Å². The van der Waals surface area contributed by atoms with Crippen LogP contribution in [0.5, 0.6) is 0 Å². The van der Waals surface area contributed by atoms with Crippen molar-refractivity contribution in [1.29, 1.82) is 0 Å². The van der Waals surface area contributed by atoms with E-state index in [1.165, 1.54) is 6.42 Å². The molecule has 0 aliphatic carbocycles. The summed E-state index contributed by atoms with van der Waals surface area (Å²) in [6, 6.07) is 0.563. The second-order valence-electron chi connectivity index (χ2n) is 5.05. The van der Waals surface area contributed by atoms with Crippen LogP contribution in [0.3, 0.4) is 0 Å². The Kier molecular flexibility index (Phi) is 4.43. The van der Waals surface area contributed by atoms with Crippen molar-refractivity contribution in [3.63, 3.8) is 0 Å². The molecule has 18 heavy (non-hydrogen) atoms. The first kappa shape index (κ1) is 13.6. The third-order valence-electron chi connectivity index (χ3n) is 3.48. The SMILES string of the molecule is CC(C)n1ccnc(N2CCCCC2CBr)c1=O. The van der Waals surface area contributed by atoms with Crippen LogP contribution in [0.25, 0.3) is 0 Å². The molecular weight excluding hydrogens is 294 g/mol. The van der Waals surface area contributed by atoms with Crippen molar-refractivity contribution in [2.45, 2.75) is 45.2 Å². The molecule has 1 aromatic rings. The van der Waals surface area contributed by atoms with E-state index in [1.54, 1.807) is 17.0 Å². The van der Waals surface area contributed by atoms with E-state index < -0.39 is 0 Å². The fraction of sp³-hybridized carbons (Fsp3) is 0.692. The Hall–Kier alpha value is -0.840. The summed E-state index contributed by atoms with van der Waals surface area (Å²) in [7, 11) is 0. The zero-order valence-corrected chi connectivity index (χ0v) is 12.6. The molecule has 1 aromatic heterocycles. The highest BCUT2D eigenvalue weighted by molar-refractivity contribution is 9.09. The molecule has 0 bridgehead atoms. The van der Waals surface area contributed by atoms with Gasteiger partial charge in [0.1, 0.15) is 0 Å². The van der Waals surface area contributed by atoms with Crippen LogP contribution in [0.2, 0.25) is 0 Å². The van der Waals surface area contributed by atoms with Crippen molar-refractivity contribution in [2.24, 2.45) is 0 Å². The van der Waals surface area contributed by atoms with Crippen LogP contribution < -0.4 is 10.5 Å². The lowest BCUT2D eigenvalue weighted by Crippen LogP contribution is -2.45. The van der Waals surface area contributed by atoms with Gasteiger partial charge in [0, 0.05) is 36.4 Å². The summed E-state index contributed by atoms with van der Waals surface area (Å²) in [5.74, 6) is 0.607. The zero-order valence-electron chi connectivity index (χ0n) is 11.0. The zero-order chi connectivity index (χ0) is 13.1. The van der Waals surface area contributed by atoms with E-state index in [-0.39, 0.29) is 11.6 Å². The largest absolute Gasteiger partial charge is 0.348 e. The molecule has 0 saturated carbocycles. The molecule has 4 nitrogen and oxygen atoms in total. The smallest absolute Gasteiger partial charge is 0.293 e. The van der Waals surface area contributed by atoms with Crippen LogP contribution in [-0.4, -0.2) is 27.5 Å². The summed E-state index contributed by atoms with van der Waals surface area (Å²) in [4.78, 5) is 18.9. The Morgan fingerprint density at radius 2 is 2.28 bits per heavy atom. The average molecular weight is 314 g/mol. The van der Waals surface area contributed by atoms with Gasteiger partial charge in [0.15, 0.2) is 5.82 Å². The molecule has 2 heterocycles. The molecule has 100 valence electrons. The second-order valence-corrected chi connectivity index (χ2v) is 5.70. The first-order chi connectivity index (χ1) is 8.65. The van der Waals surface area contributed by atoms with E-state index in [0.717, 1.165) is 24.7 Å². The highest BCUT2D eigenvalue weighted by Crippen LogP contribution is 2.22. The quantitative estimate of drug-likeness (QED) is 0.805. The molecule has 0 spiro atoms. The molecule has 0 amide bonds. The van der Waals surface area contributed by atoms with Crippen molar-refractivity contribution in [1.82, 2.24) is 9.55 Å². The van der Waals surface area contributed by atoms with E-state index in [0.29, 0.717) is 11.9 Å². The summed E-state index contributed by atoms with van der Waals surface area (Å²) in [6.45, 7) is 4.97. The maximum atomic E-state index is 12.4. The van der Waals surface area contributed by atoms with Gasteiger partial charge in [-0.05, 0) is 33.1 Å². The van der Waals surface area contributed by atoms with Crippen LogP contribution in [0.4, 0.5) is 5.82 Å². The number of anilines is 1. The monoisotopic (exact) mass is 313 g/mol. The van der Waals surface area contributed by atoms with Gasteiger partial charge in [0.25, 0.3) is 5.56 Å². The Bertz CT molecular complexity index is 458. The molecule has 1 aliphatic rings. The lowest BCUT2D eigenvalue weighted by Gasteiger charge is -2.35. The van der Waals surface area contributed by atoms with Gasteiger partial charge < -0.3 is 9.47 Å². The normalized spacial score (nSPS) is 20.4. The van der Waals surface area contributed by atoms with Crippen molar-refractivity contribution in [3.05, 3.63) is 22.7 Å². The summed E-state index contributed by atoms with van der Waals surface area (Å²) in [5, 5.41) is 0.894. The maximum Gasteiger partial charge on any atom is 0.293 e. The second kappa shape index (κ2) is 5.87. The third kappa shape index (κ3) is 2.60. The lowest BCUT2D eigenvalue weighted by molar-refractivity contribution is 0.480. The van der Waals surface area contributed by atoms with Crippen LogP contribution in [0.15, 0.2) is 17.2 Å². The van der Waals surface area contributed by atoms with Crippen molar-refractivity contribution < 1.29 is 0 Å². The third-order valence-corrected chi connectivity index (χ3v) is 4.23. The number of piperidine rings is 1. The van der Waals surface area contributed by atoms with Gasteiger partial charge in [-0.25, -0.2) is 4.98 Å². The highest BCUT2D eigenvalue weighted by atomic mass is 79.9. The Labute approximate surface area is 116 Å². The van der Waals surface area contributed by atoms with Gasteiger partial charge in [-0.1, -0.05) is 15.9 Å². The first-order valence-corrected chi connectivity index (χ1v) is 7.67. The van der Waals surface area contributed by atoms with Crippen molar-refractivity contribution >= 4 is 21.7 Å². The van der Waals surface area contributed by atoms with E-state index in [9.17, 15) is 4.79 Å². The average Bonchev–Trinajstić information content (AvgIpc) is 2.38. The van der Waals surface area contributed by atoms with Crippen LogP contribution in [-0.2, 0) is 0 Å². The van der Waals surface area contributed by atoms with Gasteiger partial charge in [-0.3, -0.25) is 4.79 Å². The van der Waals surface area contributed by atoms with E-state index >= 15 is 0 Å². The fourth-order valence-electron chi connectivity index (χ4n) is 2.46. The van der Waals surface area contributed by atoms with E-state index in [2.05, 4.69) is 25.8 Å². The minimum atomic E-state index is 0.0281. The summed E-state index contributed by atoms with van der Waals surface area (Å²) >= 11 is 3.54. The predicted molar refractivity (Wildman–Crippen MR) is 77.7 cm³/mol. The molecule has 2 rings (SSSR count). The number of hydrogen-bond donors (Lipinski definition) is 0. The Morgan fingerprint density at radius 1 is 1.50 bits per heavy atom. The van der Waals surface area contributed by atoms with Gasteiger partial charge in [0.2, 0.25) is 0 Å². The Morgan fingerprint density at radius 3 is 2.94 bits per heavy atom. The van der Waals surface area contributed by atoms with Crippen molar-refractivity contribution in [3.8, 4) is 0 Å². The lowest BCUT2D eigenvalue weighted by atomic mass is 10.0. The molecule has 1 saturated heterocycles. The first-order valence-electron chi connectivity index (χ1n) is 6.55. The molecule has 5 heteroatoms. The molecule has 0 N–H and O–H groups in total. The Balaban J connectivity index is 2.38. The number of hydrogen-bond acceptors (Lipinski definition) is 3. The maximum absolute atomic E-state index is 12.4. The molecular formula is C13H20BrN3O. The highest BCUT2D eigenvalue weighted by Gasteiger charge is 2.25. The van der Waals surface area contributed by atoms with Crippen molar-refractivity contribution in [2.75, 3.05) is 16.8 Å². The molecule has 1 atom stereocenters. The van der Waals surface area contributed by atoms with Gasteiger partial charge in [-0.2, -0.15) is 0 Å². The fourth-order valence-corrected chi connectivity index (χ4v) is 3.13. The van der Waals surface area contributed by atoms with E-state index in [4.69, 9.17) is 0 Å². The summed E-state index contributed by atoms with van der Waals surface area (Å²) in [5.41, 5.74) is 0.0281. The molecule has 0 aromatic carbocycles. The number of nitrogens with zero attached hydrogens (tertiary/aromatic N) is 3. The summed E-state index contributed by atoms with van der Waals surface area (Å²) < 4.78 is 1.75. The number of aromatic nitrogens is 2. The molecule has 0 radical (unpaired) electrons. The van der Waals surface area contributed by atoms with Gasteiger partial charge >= 0.3 is 0 Å². The van der Waals surface area contributed by atoms with Crippen LogP contribution >= 0.6 is 15.9 Å². The summed E-state index contributed by atoms with van der Waals surface area (Å²) in [6.07, 6.45) is 7.00. The van der Waals surface area contributed by atoms with Gasteiger partial charge in [0.05, 0.1) is 0 Å². The number of rotatable bonds is 3. The minimum absolute atomic E-state index is 0.0281. The number of alkyl halides is 1. The van der Waals surface area contributed by atoms with Gasteiger partial charge in [-0.15, -0.1) is 0 Å². The molecule has 1 aliphatic heterocycles. The molecule has 1 unspecified atom stereocenters. The minimum Gasteiger partial charge on any atom is -0.348 e. The van der Waals surface area contributed by atoms with Crippen LogP contribution in [0.1, 0.15) is 39.2 Å². The topological polar surface area (TPSA) is 38.1 Å². The standard InChI is InChI=1S/C13H20BrN3O/c1-10(2)16-8-6-15-12(13(16)18)17-7-4-3-5-11(17)9-14/h6,8,10-11H,3-5,7,9H2,1-2H3.